The van der Waals surface area contributed by atoms with Gasteiger partial charge >= 0.3 is 5.97 Å². The average molecular weight is 373 g/mol. The smallest absolute Gasteiger partial charge is 0.344 e. The molecule has 7 heteroatoms. The van der Waals surface area contributed by atoms with Crippen molar-refractivity contribution in [3.05, 3.63) is 64.5 Å². The summed E-state index contributed by atoms with van der Waals surface area (Å²) in [5.41, 5.74) is 2.99. The molecule has 0 N–H and O–H groups in total. The van der Waals surface area contributed by atoms with E-state index < -0.39 is 5.97 Å². The first-order valence-electron chi connectivity index (χ1n) is 7.95. The molecule has 0 spiro atoms. The molecule has 0 amide bonds. The maximum Gasteiger partial charge on any atom is 0.344 e. The Bertz CT molecular complexity index is 906. The van der Waals surface area contributed by atoms with Crippen molar-refractivity contribution < 1.29 is 18.7 Å². The van der Waals surface area contributed by atoms with Gasteiger partial charge in [-0.3, -0.25) is 0 Å². The zero-order valence-corrected chi connectivity index (χ0v) is 15.1. The Balaban J connectivity index is 1.50. The summed E-state index contributed by atoms with van der Waals surface area (Å²) in [4.78, 5) is 11.8. The van der Waals surface area contributed by atoms with Crippen LogP contribution in [0.4, 0.5) is 0 Å². The van der Waals surface area contributed by atoms with E-state index in [1.807, 2.05) is 32.0 Å². The summed E-state index contributed by atoms with van der Waals surface area (Å²) < 4.78 is 16.0. The molecule has 0 unspecified atom stereocenters. The van der Waals surface area contributed by atoms with E-state index in [9.17, 15) is 4.79 Å². The molecule has 0 aliphatic carbocycles. The monoisotopic (exact) mass is 372 g/mol. The summed E-state index contributed by atoms with van der Waals surface area (Å²) in [6.07, 6.45) is 0. The van der Waals surface area contributed by atoms with Crippen molar-refractivity contribution in [2.75, 3.05) is 6.61 Å². The summed E-state index contributed by atoms with van der Waals surface area (Å²) in [6.45, 7) is 3.68. The number of carbonyl (C=O) groups excluding carboxylic acids is 1. The number of hydrogen-bond acceptors (Lipinski definition) is 6. The summed E-state index contributed by atoms with van der Waals surface area (Å²) in [6, 6.07) is 12.6. The van der Waals surface area contributed by atoms with E-state index in [0.717, 1.165) is 16.7 Å². The second-order valence-corrected chi connectivity index (χ2v) is 6.14. The van der Waals surface area contributed by atoms with Crippen molar-refractivity contribution in [2.45, 2.75) is 20.5 Å². The van der Waals surface area contributed by atoms with Gasteiger partial charge in [0.05, 0.1) is 0 Å². The number of aromatic nitrogens is 2. The molecule has 0 radical (unpaired) electrons. The zero-order chi connectivity index (χ0) is 18.5. The Labute approximate surface area is 155 Å². The van der Waals surface area contributed by atoms with Crippen LogP contribution in [0.15, 0.2) is 46.9 Å². The third kappa shape index (κ3) is 4.61. The lowest BCUT2D eigenvalue weighted by Crippen LogP contribution is -2.15. The topological polar surface area (TPSA) is 74.5 Å². The number of hydrogen-bond donors (Lipinski definition) is 0. The number of halogens is 1. The quantitative estimate of drug-likeness (QED) is 0.606. The highest BCUT2D eigenvalue weighted by molar-refractivity contribution is 6.30. The second-order valence-electron chi connectivity index (χ2n) is 5.70. The number of nitrogens with zero attached hydrogens (tertiary/aromatic N) is 2. The minimum Gasteiger partial charge on any atom is -0.482 e. The lowest BCUT2D eigenvalue weighted by atomic mass is 10.1. The second kappa shape index (κ2) is 8.01. The van der Waals surface area contributed by atoms with Crippen molar-refractivity contribution in [2.24, 2.45) is 0 Å². The molecule has 26 heavy (non-hydrogen) atoms. The van der Waals surface area contributed by atoms with Gasteiger partial charge in [-0.25, -0.2) is 4.79 Å². The van der Waals surface area contributed by atoms with Crippen LogP contribution in [-0.4, -0.2) is 22.8 Å². The lowest BCUT2D eigenvalue weighted by Gasteiger charge is -2.07. The molecular formula is C19H17ClN2O4. The van der Waals surface area contributed by atoms with Gasteiger partial charge in [-0.05, 0) is 61.4 Å². The van der Waals surface area contributed by atoms with E-state index >= 15 is 0 Å². The van der Waals surface area contributed by atoms with E-state index in [1.165, 1.54) is 0 Å². The number of ether oxygens (including phenoxy) is 2. The first-order chi connectivity index (χ1) is 12.5. The third-order valence-electron chi connectivity index (χ3n) is 3.75. The Hall–Kier alpha value is -2.86. The predicted octanol–water partition coefficient (Wildman–Crippen LogP) is 4.13. The van der Waals surface area contributed by atoms with Gasteiger partial charge in [0, 0.05) is 10.6 Å². The van der Waals surface area contributed by atoms with Crippen LogP contribution in [0.3, 0.4) is 0 Å². The minimum atomic E-state index is -0.519. The van der Waals surface area contributed by atoms with Gasteiger partial charge in [0.25, 0.3) is 5.89 Å². The maximum absolute atomic E-state index is 11.8. The average Bonchev–Trinajstić information content (AvgIpc) is 3.10. The largest absolute Gasteiger partial charge is 0.482 e. The lowest BCUT2D eigenvalue weighted by molar-refractivity contribution is -0.148. The molecule has 0 saturated heterocycles. The normalized spacial score (nSPS) is 10.6. The first-order valence-corrected chi connectivity index (χ1v) is 8.33. The van der Waals surface area contributed by atoms with Crippen molar-refractivity contribution in [1.29, 1.82) is 0 Å². The fraction of sp³-hybridized carbons (Fsp3) is 0.211. The van der Waals surface area contributed by atoms with Crippen molar-refractivity contribution in [3.63, 3.8) is 0 Å². The van der Waals surface area contributed by atoms with Crippen LogP contribution in [0.25, 0.3) is 11.5 Å². The predicted molar refractivity (Wildman–Crippen MR) is 96.0 cm³/mol. The summed E-state index contributed by atoms with van der Waals surface area (Å²) in [5, 5.41) is 8.40. The van der Waals surface area contributed by atoms with E-state index in [-0.39, 0.29) is 19.1 Å². The van der Waals surface area contributed by atoms with E-state index in [1.54, 1.807) is 24.3 Å². The van der Waals surface area contributed by atoms with Crippen LogP contribution in [0, 0.1) is 13.8 Å². The molecule has 0 bridgehead atoms. The minimum absolute atomic E-state index is 0.115. The molecule has 134 valence electrons. The molecule has 0 atom stereocenters. The van der Waals surface area contributed by atoms with Crippen molar-refractivity contribution >= 4 is 17.6 Å². The van der Waals surface area contributed by atoms with E-state index in [0.29, 0.717) is 16.7 Å². The molecule has 0 fully saturated rings. The van der Waals surface area contributed by atoms with E-state index in [4.69, 9.17) is 25.5 Å². The maximum atomic E-state index is 11.8. The van der Waals surface area contributed by atoms with Gasteiger partial charge in [-0.2, -0.15) is 0 Å². The summed E-state index contributed by atoms with van der Waals surface area (Å²) >= 11 is 5.84. The number of carbonyl (C=O) groups is 1. The molecule has 0 saturated carbocycles. The van der Waals surface area contributed by atoms with Gasteiger partial charge in [0.15, 0.2) is 13.2 Å². The van der Waals surface area contributed by atoms with Crippen LogP contribution in [0.5, 0.6) is 5.75 Å². The van der Waals surface area contributed by atoms with Crippen LogP contribution in [0.2, 0.25) is 5.02 Å². The fourth-order valence-corrected chi connectivity index (χ4v) is 2.28. The fourth-order valence-electron chi connectivity index (χ4n) is 2.15. The van der Waals surface area contributed by atoms with Crippen LogP contribution >= 0.6 is 11.6 Å². The van der Waals surface area contributed by atoms with Gasteiger partial charge in [-0.1, -0.05) is 17.7 Å². The molecule has 3 rings (SSSR count). The Kier molecular flexibility index (Phi) is 5.53. The number of aryl methyl sites for hydroxylation is 2. The van der Waals surface area contributed by atoms with Gasteiger partial charge in [-0.15, -0.1) is 10.2 Å². The molecular weight excluding hydrogens is 356 g/mol. The molecule has 6 nitrogen and oxygen atoms in total. The van der Waals surface area contributed by atoms with Crippen molar-refractivity contribution in [3.8, 4) is 17.2 Å². The van der Waals surface area contributed by atoms with Gasteiger partial charge < -0.3 is 13.9 Å². The Morgan fingerprint density at radius 1 is 1.08 bits per heavy atom. The molecule has 1 heterocycles. The highest BCUT2D eigenvalue weighted by atomic mass is 35.5. The molecule has 0 aliphatic heterocycles. The van der Waals surface area contributed by atoms with Crippen molar-refractivity contribution in [1.82, 2.24) is 10.2 Å². The Morgan fingerprint density at radius 3 is 2.58 bits per heavy atom. The van der Waals surface area contributed by atoms with Gasteiger partial charge in [0.1, 0.15) is 5.75 Å². The van der Waals surface area contributed by atoms with Crippen LogP contribution in [0.1, 0.15) is 17.0 Å². The van der Waals surface area contributed by atoms with Crippen LogP contribution < -0.4 is 4.74 Å². The molecule has 3 aromatic rings. The highest BCUT2D eigenvalue weighted by Crippen LogP contribution is 2.20. The Morgan fingerprint density at radius 2 is 1.85 bits per heavy atom. The third-order valence-corrected chi connectivity index (χ3v) is 4.00. The number of esters is 1. The number of benzene rings is 2. The zero-order valence-electron chi connectivity index (χ0n) is 14.4. The summed E-state index contributed by atoms with van der Waals surface area (Å²) in [7, 11) is 0. The molecule has 1 aromatic heterocycles. The standard InChI is InChI=1S/C19H17ClN2O4/c1-12-3-8-16(9-13(12)2)24-11-18(23)25-10-17-21-22-19(26-17)14-4-6-15(20)7-5-14/h3-9H,10-11H2,1-2H3. The van der Waals surface area contributed by atoms with E-state index in [2.05, 4.69) is 10.2 Å². The van der Waals surface area contributed by atoms with Gasteiger partial charge in [0.2, 0.25) is 5.89 Å². The highest BCUT2D eigenvalue weighted by Gasteiger charge is 2.11. The number of rotatable bonds is 6. The first kappa shape index (κ1) is 17.9. The summed E-state index contributed by atoms with van der Waals surface area (Å²) in [5.74, 6) is 0.635. The molecule has 0 aliphatic rings. The SMILES string of the molecule is Cc1ccc(OCC(=O)OCc2nnc(-c3ccc(Cl)cc3)o2)cc1C. The van der Waals surface area contributed by atoms with Crippen LogP contribution in [-0.2, 0) is 16.1 Å². The molecule has 2 aromatic carbocycles.